The molecule has 4 nitrogen and oxygen atoms in total. The van der Waals surface area contributed by atoms with Crippen molar-refractivity contribution in [2.75, 3.05) is 6.54 Å². The first-order chi connectivity index (χ1) is 6.34. The van der Waals surface area contributed by atoms with E-state index in [9.17, 15) is 4.79 Å². The molecular weight excluding hydrogens is 166 g/mol. The molecule has 0 saturated carbocycles. The molecule has 0 aliphatic heterocycles. The van der Waals surface area contributed by atoms with Crippen LogP contribution in [0, 0.1) is 0 Å². The van der Waals surface area contributed by atoms with Crippen LogP contribution in [0.4, 0.5) is 4.79 Å². The van der Waals surface area contributed by atoms with E-state index in [2.05, 4.69) is 17.2 Å². The molecule has 0 unspecified atom stereocenters. The second kappa shape index (κ2) is 5.35. The first-order valence-corrected chi connectivity index (χ1v) is 4.60. The average molecular weight is 181 g/mol. The maximum Gasteiger partial charge on any atom is 0.326 e. The Kier molecular flexibility index (Phi) is 4.02. The number of imidazole rings is 1. The highest BCUT2D eigenvalue weighted by Crippen LogP contribution is 1.92. The number of rotatable bonds is 4. The Hall–Kier alpha value is -1.32. The van der Waals surface area contributed by atoms with Crippen LogP contribution in [0.25, 0.3) is 0 Å². The van der Waals surface area contributed by atoms with Crippen LogP contribution < -0.4 is 5.32 Å². The number of carbonyl (C=O) groups is 1. The molecule has 0 spiro atoms. The second-order valence-corrected chi connectivity index (χ2v) is 2.91. The number of unbranched alkanes of at least 4 members (excludes halogenated alkanes) is 2. The minimum Gasteiger partial charge on any atom is -0.337 e. The number of hydrogen-bond acceptors (Lipinski definition) is 2. The van der Waals surface area contributed by atoms with E-state index in [0.29, 0.717) is 0 Å². The van der Waals surface area contributed by atoms with Gasteiger partial charge in [-0.15, -0.1) is 0 Å². The predicted octanol–water partition coefficient (Wildman–Crippen LogP) is 1.63. The van der Waals surface area contributed by atoms with Crippen LogP contribution in [0.15, 0.2) is 18.7 Å². The summed E-state index contributed by atoms with van der Waals surface area (Å²) in [5.74, 6) is 0. The van der Waals surface area contributed by atoms with E-state index in [-0.39, 0.29) is 6.03 Å². The van der Waals surface area contributed by atoms with E-state index in [1.54, 1.807) is 12.4 Å². The van der Waals surface area contributed by atoms with E-state index in [4.69, 9.17) is 0 Å². The first-order valence-electron chi connectivity index (χ1n) is 4.60. The summed E-state index contributed by atoms with van der Waals surface area (Å²) in [6.07, 6.45) is 8.08. The van der Waals surface area contributed by atoms with Crippen molar-refractivity contribution in [1.29, 1.82) is 0 Å². The van der Waals surface area contributed by atoms with Crippen molar-refractivity contribution in [2.45, 2.75) is 26.2 Å². The highest BCUT2D eigenvalue weighted by Gasteiger charge is 2.00. The van der Waals surface area contributed by atoms with Crippen LogP contribution in [-0.4, -0.2) is 22.1 Å². The lowest BCUT2D eigenvalue weighted by atomic mass is 10.2. The molecule has 0 atom stereocenters. The van der Waals surface area contributed by atoms with E-state index in [0.717, 1.165) is 19.4 Å². The highest BCUT2D eigenvalue weighted by molar-refractivity contribution is 5.76. The molecule has 1 amide bonds. The van der Waals surface area contributed by atoms with Crippen LogP contribution in [0.5, 0.6) is 0 Å². The van der Waals surface area contributed by atoms with Crippen molar-refractivity contribution >= 4 is 6.03 Å². The van der Waals surface area contributed by atoms with E-state index in [1.165, 1.54) is 17.3 Å². The van der Waals surface area contributed by atoms with E-state index < -0.39 is 0 Å². The van der Waals surface area contributed by atoms with Gasteiger partial charge in [-0.2, -0.15) is 0 Å². The lowest BCUT2D eigenvalue weighted by Gasteiger charge is -2.03. The Bertz CT molecular complexity index is 243. The average Bonchev–Trinajstić information content (AvgIpc) is 2.65. The lowest BCUT2D eigenvalue weighted by molar-refractivity contribution is 0.242. The quantitative estimate of drug-likeness (QED) is 0.717. The summed E-state index contributed by atoms with van der Waals surface area (Å²) in [6.45, 7) is 2.88. The van der Waals surface area contributed by atoms with Gasteiger partial charge >= 0.3 is 6.03 Å². The summed E-state index contributed by atoms with van der Waals surface area (Å²) in [6, 6.07) is -0.103. The fourth-order valence-corrected chi connectivity index (χ4v) is 1.04. The van der Waals surface area contributed by atoms with Crippen LogP contribution in [0.1, 0.15) is 26.2 Å². The van der Waals surface area contributed by atoms with Gasteiger partial charge in [-0.1, -0.05) is 19.8 Å². The molecule has 0 radical (unpaired) electrons. The highest BCUT2D eigenvalue weighted by atomic mass is 16.2. The largest absolute Gasteiger partial charge is 0.337 e. The maximum absolute atomic E-state index is 11.3. The third kappa shape index (κ3) is 3.27. The van der Waals surface area contributed by atoms with Gasteiger partial charge in [-0.3, -0.25) is 4.57 Å². The molecular formula is C9H15N3O. The van der Waals surface area contributed by atoms with Crippen molar-refractivity contribution < 1.29 is 4.79 Å². The van der Waals surface area contributed by atoms with Crippen LogP contribution in [-0.2, 0) is 0 Å². The topological polar surface area (TPSA) is 46.9 Å². The summed E-state index contributed by atoms with van der Waals surface area (Å²) in [4.78, 5) is 15.1. The SMILES string of the molecule is CCCCCNC(=O)n1ccnc1. The molecule has 0 aliphatic rings. The molecule has 4 heteroatoms. The molecule has 0 aliphatic carbocycles. The van der Waals surface area contributed by atoms with Gasteiger partial charge in [0, 0.05) is 18.9 Å². The lowest BCUT2D eigenvalue weighted by Crippen LogP contribution is -2.28. The van der Waals surface area contributed by atoms with Crippen molar-refractivity contribution in [3.05, 3.63) is 18.7 Å². The summed E-state index contributed by atoms with van der Waals surface area (Å²) in [5, 5.41) is 2.80. The Morgan fingerprint density at radius 2 is 2.38 bits per heavy atom. The van der Waals surface area contributed by atoms with Gasteiger partial charge in [0.1, 0.15) is 6.33 Å². The van der Waals surface area contributed by atoms with Gasteiger partial charge in [0.25, 0.3) is 0 Å². The molecule has 72 valence electrons. The molecule has 0 fully saturated rings. The number of nitrogens with zero attached hydrogens (tertiary/aromatic N) is 2. The van der Waals surface area contributed by atoms with Crippen molar-refractivity contribution in [1.82, 2.24) is 14.9 Å². The zero-order valence-corrected chi connectivity index (χ0v) is 7.86. The Morgan fingerprint density at radius 3 is 3.00 bits per heavy atom. The fraction of sp³-hybridized carbons (Fsp3) is 0.556. The molecule has 0 saturated heterocycles. The Labute approximate surface area is 78.0 Å². The van der Waals surface area contributed by atoms with Crippen LogP contribution in [0.2, 0.25) is 0 Å². The summed E-state index contributed by atoms with van der Waals surface area (Å²) >= 11 is 0. The second-order valence-electron chi connectivity index (χ2n) is 2.91. The first kappa shape index (κ1) is 9.77. The van der Waals surface area contributed by atoms with Gasteiger partial charge in [-0.25, -0.2) is 9.78 Å². The fourth-order valence-electron chi connectivity index (χ4n) is 1.04. The number of nitrogens with one attached hydrogen (secondary N) is 1. The van der Waals surface area contributed by atoms with Crippen LogP contribution in [0.3, 0.4) is 0 Å². The molecule has 1 aromatic rings. The van der Waals surface area contributed by atoms with Crippen molar-refractivity contribution in [3.8, 4) is 0 Å². The standard InChI is InChI=1S/C9H15N3O/c1-2-3-4-5-11-9(13)12-7-6-10-8-12/h6-8H,2-5H2,1H3,(H,11,13). The predicted molar refractivity (Wildman–Crippen MR) is 50.5 cm³/mol. The van der Waals surface area contributed by atoms with Crippen molar-refractivity contribution in [3.63, 3.8) is 0 Å². The minimum atomic E-state index is -0.103. The minimum absolute atomic E-state index is 0.103. The molecule has 1 aromatic heterocycles. The van der Waals surface area contributed by atoms with Crippen molar-refractivity contribution in [2.24, 2.45) is 0 Å². The molecule has 1 heterocycles. The number of aromatic nitrogens is 2. The van der Waals surface area contributed by atoms with Gasteiger partial charge in [0.15, 0.2) is 0 Å². The number of hydrogen-bond donors (Lipinski definition) is 1. The van der Waals surface area contributed by atoms with E-state index in [1.807, 2.05) is 0 Å². The zero-order valence-electron chi connectivity index (χ0n) is 7.86. The maximum atomic E-state index is 11.3. The smallest absolute Gasteiger partial charge is 0.326 e. The molecule has 0 aromatic carbocycles. The number of carbonyl (C=O) groups excluding carboxylic acids is 1. The van der Waals surface area contributed by atoms with Gasteiger partial charge in [0.2, 0.25) is 0 Å². The summed E-state index contributed by atoms with van der Waals surface area (Å²) < 4.78 is 1.44. The summed E-state index contributed by atoms with van der Waals surface area (Å²) in [5.41, 5.74) is 0. The molecule has 1 rings (SSSR count). The third-order valence-electron chi connectivity index (χ3n) is 1.80. The van der Waals surface area contributed by atoms with Gasteiger partial charge < -0.3 is 5.32 Å². The third-order valence-corrected chi connectivity index (χ3v) is 1.80. The monoisotopic (exact) mass is 181 g/mol. The molecule has 1 N–H and O–H groups in total. The van der Waals surface area contributed by atoms with E-state index >= 15 is 0 Å². The van der Waals surface area contributed by atoms with Gasteiger partial charge in [0.05, 0.1) is 0 Å². The Morgan fingerprint density at radius 1 is 1.54 bits per heavy atom. The molecule has 13 heavy (non-hydrogen) atoms. The Balaban J connectivity index is 2.19. The number of amides is 1. The normalized spacial score (nSPS) is 9.92. The summed E-state index contributed by atoms with van der Waals surface area (Å²) in [7, 11) is 0. The van der Waals surface area contributed by atoms with Gasteiger partial charge in [-0.05, 0) is 6.42 Å². The molecule has 0 bridgehead atoms. The van der Waals surface area contributed by atoms with Crippen LogP contribution >= 0.6 is 0 Å². The zero-order chi connectivity index (χ0) is 9.52.